The van der Waals surface area contributed by atoms with Crippen molar-refractivity contribution in [3.05, 3.63) is 23.8 Å². The highest BCUT2D eigenvalue weighted by Gasteiger charge is 2.09. The number of aromatic hydroxyl groups is 1. The second kappa shape index (κ2) is 3.07. The zero-order chi connectivity index (χ0) is 10.1. The zero-order valence-electron chi connectivity index (χ0n) is 6.85. The molecule has 0 unspecified atom stereocenters. The summed E-state index contributed by atoms with van der Waals surface area (Å²) in [4.78, 5) is 0.0295. The van der Waals surface area contributed by atoms with Crippen molar-refractivity contribution >= 4 is 9.84 Å². The molecule has 0 amide bonds. The maximum absolute atomic E-state index is 11.0. The molecule has 5 heteroatoms. The van der Waals surface area contributed by atoms with Crippen molar-refractivity contribution in [3.63, 3.8) is 0 Å². The summed E-state index contributed by atoms with van der Waals surface area (Å²) in [6.07, 6.45) is 1.04. The Labute approximate surface area is 76.0 Å². The lowest BCUT2D eigenvalue weighted by Gasteiger charge is -1.99. The van der Waals surface area contributed by atoms with E-state index in [0.29, 0.717) is 0 Å². The first-order valence-corrected chi connectivity index (χ1v) is 5.27. The second-order valence-electron chi connectivity index (χ2n) is 2.56. The third-order valence-corrected chi connectivity index (χ3v) is 2.63. The molecule has 0 aromatic heterocycles. The lowest BCUT2D eigenvalue weighted by molar-refractivity contribution is 0.473. The third kappa shape index (κ3) is 1.98. The van der Waals surface area contributed by atoms with Gasteiger partial charge < -0.3 is 5.11 Å². The Bertz CT molecular complexity index is 471. The molecule has 1 aromatic rings. The Morgan fingerprint density at radius 1 is 1.46 bits per heavy atom. The Kier molecular flexibility index (Phi) is 2.26. The van der Waals surface area contributed by atoms with Gasteiger partial charge in [-0.25, -0.2) is 8.42 Å². The van der Waals surface area contributed by atoms with Gasteiger partial charge in [-0.1, -0.05) is 0 Å². The van der Waals surface area contributed by atoms with Crippen LogP contribution in [0.2, 0.25) is 0 Å². The predicted molar refractivity (Wildman–Crippen MR) is 45.9 cm³/mol. The van der Waals surface area contributed by atoms with Crippen LogP contribution in [-0.4, -0.2) is 19.8 Å². The summed E-state index contributed by atoms with van der Waals surface area (Å²) in [7, 11) is -3.31. The van der Waals surface area contributed by atoms with E-state index >= 15 is 0 Å². The fourth-order valence-corrected chi connectivity index (χ4v) is 1.48. The van der Waals surface area contributed by atoms with E-state index in [9.17, 15) is 8.42 Å². The van der Waals surface area contributed by atoms with Gasteiger partial charge in [-0.2, -0.15) is 5.26 Å². The number of sulfone groups is 1. The van der Waals surface area contributed by atoms with Crippen LogP contribution in [0, 0.1) is 11.3 Å². The van der Waals surface area contributed by atoms with E-state index in [1.165, 1.54) is 12.1 Å². The largest absolute Gasteiger partial charge is 0.507 e. The quantitative estimate of drug-likeness (QED) is 0.717. The van der Waals surface area contributed by atoms with Gasteiger partial charge in [-0.3, -0.25) is 0 Å². The lowest BCUT2D eigenvalue weighted by atomic mass is 10.2. The van der Waals surface area contributed by atoms with Crippen LogP contribution in [0.4, 0.5) is 0 Å². The van der Waals surface area contributed by atoms with Crippen LogP contribution in [0.5, 0.6) is 5.75 Å². The molecular weight excluding hydrogens is 190 g/mol. The van der Waals surface area contributed by atoms with Gasteiger partial charge >= 0.3 is 0 Å². The van der Waals surface area contributed by atoms with Crippen molar-refractivity contribution in [3.8, 4) is 11.8 Å². The van der Waals surface area contributed by atoms with E-state index in [1.807, 2.05) is 0 Å². The summed E-state index contributed by atoms with van der Waals surface area (Å²) in [5.74, 6) is -0.213. The fraction of sp³-hybridized carbons (Fsp3) is 0.125. The average molecular weight is 197 g/mol. The number of phenols is 1. The van der Waals surface area contributed by atoms with Crippen molar-refractivity contribution < 1.29 is 13.5 Å². The van der Waals surface area contributed by atoms with E-state index in [2.05, 4.69) is 0 Å². The predicted octanol–water partition coefficient (Wildman–Crippen LogP) is 0.667. The maximum atomic E-state index is 11.0. The molecule has 1 N–H and O–H groups in total. The minimum atomic E-state index is -3.31. The Hall–Kier alpha value is -1.54. The van der Waals surface area contributed by atoms with E-state index in [1.54, 1.807) is 6.07 Å². The molecule has 0 saturated heterocycles. The molecule has 1 rings (SSSR count). The van der Waals surface area contributed by atoms with Crippen LogP contribution in [0.25, 0.3) is 0 Å². The Morgan fingerprint density at radius 2 is 2.08 bits per heavy atom. The molecule has 0 aliphatic rings. The van der Waals surface area contributed by atoms with Crippen molar-refractivity contribution in [2.45, 2.75) is 4.90 Å². The van der Waals surface area contributed by atoms with Crippen LogP contribution in [0.15, 0.2) is 23.1 Å². The summed E-state index contributed by atoms with van der Waals surface area (Å²) >= 11 is 0. The van der Waals surface area contributed by atoms with Gasteiger partial charge in [0.2, 0.25) is 0 Å². The molecule has 0 heterocycles. The molecule has 0 atom stereocenters. The van der Waals surface area contributed by atoms with Crippen molar-refractivity contribution in [2.24, 2.45) is 0 Å². The Balaban J connectivity index is 3.41. The minimum Gasteiger partial charge on any atom is -0.507 e. The molecule has 0 spiro atoms. The van der Waals surface area contributed by atoms with Gasteiger partial charge in [-0.15, -0.1) is 0 Å². The van der Waals surface area contributed by atoms with E-state index in [0.717, 1.165) is 12.3 Å². The van der Waals surface area contributed by atoms with Gasteiger partial charge in [-0.05, 0) is 18.2 Å². The molecule has 0 saturated carbocycles. The number of hydrogen-bond donors (Lipinski definition) is 1. The number of benzene rings is 1. The molecule has 68 valence electrons. The van der Waals surface area contributed by atoms with Gasteiger partial charge in [0.25, 0.3) is 0 Å². The first kappa shape index (κ1) is 9.55. The van der Waals surface area contributed by atoms with Crippen LogP contribution in [0.3, 0.4) is 0 Å². The molecule has 13 heavy (non-hydrogen) atoms. The molecule has 4 nitrogen and oxygen atoms in total. The smallest absolute Gasteiger partial charge is 0.175 e. The van der Waals surface area contributed by atoms with Gasteiger partial charge in [0.05, 0.1) is 10.5 Å². The van der Waals surface area contributed by atoms with Crippen LogP contribution >= 0.6 is 0 Å². The highest BCUT2D eigenvalue weighted by Crippen LogP contribution is 2.19. The number of phenolic OH excluding ortho intramolecular Hbond substituents is 1. The van der Waals surface area contributed by atoms with Gasteiger partial charge in [0, 0.05) is 6.26 Å². The van der Waals surface area contributed by atoms with E-state index in [-0.39, 0.29) is 16.2 Å². The molecule has 0 radical (unpaired) electrons. The number of hydrogen-bond acceptors (Lipinski definition) is 4. The first-order chi connectivity index (χ1) is 5.95. The molecule has 0 bridgehead atoms. The number of nitriles is 1. The summed E-state index contributed by atoms with van der Waals surface area (Å²) in [6.45, 7) is 0. The minimum absolute atomic E-state index is 0.0295. The molecule has 0 fully saturated rings. The van der Waals surface area contributed by atoms with Gasteiger partial charge in [0.1, 0.15) is 11.8 Å². The average Bonchev–Trinajstić information content (AvgIpc) is 2.03. The monoisotopic (exact) mass is 197 g/mol. The summed E-state index contributed by atoms with van der Waals surface area (Å²) in [5, 5.41) is 17.6. The van der Waals surface area contributed by atoms with Crippen LogP contribution < -0.4 is 0 Å². The fourth-order valence-electron chi connectivity index (χ4n) is 0.835. The summed E-state index contributed by atoms with van der Waals surface area (Å²) in [6, 6.07) is 5.28. The highest BCUT2D eigenvalue weighted by molar-refractivity contribution is 7.90. The topological polar surface area (TPSA) is 78.2 Å². The van der Waals surface area contributed by atoms with Crippen molar-refractivity contribution in [1.82, 2.24) is 0 Å². The Morgan fingerprint density at radius 3 is 2.54 bits per heavy atom. The van der Waals surface area contributed by atoms with Crippen LogP contribution in [0.1, 0.15) is 5.56 Å². The van der Waals surface area contributed by atoms with E-state index < -0.39 is 9.84 Å². The molecule has 1 aromatic carbocycles. The second-order valence-corrected chi connectivity index (χ2v) is 4.58. The molecule has 0 aliphatic carbocycles. The van der Waals surface area contributed by atoms with Gasteiger partial charge in [0.15, 0.2) is 9.84 Å². The SMILES string of the molecule is CS(=O)(=O)c1ccc(O)c(C#N)c1. The summed E-state index contributed by atoms with van der Waals surface area (Å²) < 4.78 is 22.0. The van der Waals surface area contributed by atoms with E-state index in [4.69, 9.17) is 10.4 Å². The molecule has 0 aliphatic heterocycles. The normalized spacial score (nSPS) is 10.8. The zero-order valence-corrected chi connectivity index (χ0v) is 7.67. The van der Waals surface area contributed by atoms with Crippen molar-refractivity contribution in [2.75, 3.05) is 6.26 Å². The van der Waals surface area contributed by atoms with Crippen molar-refractivity contribution in [1.29, 1.82) is 5.26 Å². The lowest BCUT2D eigenvalue weighted by Crippen LogP contribution is -1.97. The third-order valence-electron chi connectivity index (χ3n) is 1.52. The number of rotatable bonds is 1. The van der Waals surface area contributed by atoms with Crippen LogP contribution in [-0.2, 0) is 9.84 Å². The highest BCUT2D eigenvalue weighted by atomic mass is 32.2. The standard InChI is InChI=1S/C8H7NO3S/c1-13(11,12)7-2-3-8(10)6(4-7)5-9/h2-4,10H,1H3. The molecular formula is C8H7NO3S. The summed E-state index contributed by atoms with van der Waals surface area (Å²) in [5.41, 5.74) is -0.0390. The maximum Gasteiger partial charge on any atom is 0.175 e. The first-order valence-electron chi connectivity index (χ1n) is 3.38. The number of nitrogens with zero attached hydrogens (tertiary/aromatic N) is 1.